The van der Waals surface area contributed by atoms with Gasteiger partial charge in [0.25, 0.3) is 0 Å². The van der Waals surface area contributed by atoms with Crippen molar-refractivity contribution in [1.29, 1.82) is 5.41 Å². The first-order chi connectivity index (χ1) is 20.8. The maximum atomic E-state index is 14.3. The normalized spacial score (nSPS) is 12.1. The van der Waals surface area contributed by atoms with Crippen LogP contribution in [0.5, 0.6) is 0 Å². The van der Waals surface area contributed by atoms with Gasteiger partial charge in [-0.25, -0.2) is 34.4 Å². The topological polar surface area (TPSA) is 235 Å². The van der Waals surface area contributed by atoms with Gasteiger partial charge in [-0.3, -0.25) is 10.2 Å². The van der Waals surface area contributed by atoms with Crippen molar-refractivity contribution in [1.82, 2.24) is 0 Å². The smallest absolute Gasteiger partial charge is 0.199 e. The standard InChI is InChI=1S/C27H14F4N2O10S2/c28-14-8-15(29)21(31)19(20(14)30)22(34)9-1-2-10(13(7-9)27(35)36)18-11-3-5-16(32)25(44(37,38)39)23(11)43-24-12(18)4-6-17(33)26(24)45(40,41)42/h1-8,32H,33H2,(H,35,36)(H,37,38,39)(H,40,41,42)/p-3. The van der Waals surface area contributed by atoms with Crippen LogP contribution in [0, 0.1) is 28.7 Å². The van der Waals surface area contributed by atoms with Gasteiger partial charge in [0.05, 0.1) is 17.0 Å². The maximum Gasteiger partial charge on any atom is 0.199 e. The second-order valence-electron chi connectivity index (χ2n) is 9.28. The number of carbonyl (C=O) groups excluding carboxylic acids is 2. The SMILES string of the molecule is N=c1ccc2c(-c3ccc(C(=O)c4c(F)c(F)cc(F)c4F)cc3C(=O)[O-])c3ccc(N)c(S(=O)(=O)[O-])c3oc-2c1S(=O)(=O)[O-]. The summed E-state index contributed by atoms with van der Waals surface area (Å²) in [5.74, 6) is -12.8. The minimum absolute atomic E-state index is 0.157. The first kappa shape index (κ1) is 31.3. The Bertz CT molecular complexity index is 2380. The number of nitrogen functional groups attached to an aromatic ring is 1. The number of fused-ring (bicyclic) bond motifs is 2. The van der Waals surface area contributed by atoms with Crippen LogP contribution in [0.3, 0.4) is 0 Å². The number of carboxylic acids is 1. The fraction of sp³-hybridized carbons (Fsp3) is 0. The zero-order chi connectivity index (χ0) is 33.3. The number of hydrogen-bond donors (Lipinski definition) is 2. The van der Waals surface area contributed by atoms with E-state index in [9.17, 15) is 58.2 Å². The lowest BCUT2D eigenvalue weighted by Crippen LogP contribution is -2.24. The molecule has 0 unspecified atom stereocenters. The van der Waals surface area contributed by atoms with Crippen LogP contribution in [0.1, 0.15) is 26.3 Å². The van der Waals surface area contributed by atoms with Gasteiger partial charge in [0.15, 0.2) is 40.4 Å². The Labute approximate surface area is 248 Å². The number of aromatic carboxylic acids is 1. The van der Waals surface area contributed by atoms with Crippen LogP contribution in [0.4, 0.5) is 23.2 Å². The minimum atomic E-state index is -5.57. The summed E-state index contributed by atoms with van der Waals surface area (Å²) < 4.78 is 135. The Balaban J connectivity index is 1.94. The van der Waals surface area contributed by atoms with Crippen LogP contribution in [0.15, 0.2) is 62.7 Å². The highest BCUT2D eigenvalue weighted by molar-refractivity contribution is 7.86. The van der Waals surface area contributed by atoms with E-state index in [1.165, 1.54) is 0 Å². The number of anilines is 1. The second kappa shape index (κ2) is 10.5. The van der Waals surface area contributed by atoms with E-state index < -0.39 is 126 Å². The van der Waals surface area contributed by atoms with Gasteiger partial charge in [0.2, 0.25) is 0 Å². The average Bonchev–Trinajstić information content (AvgIpc) is 2.93. The van der Waals surface area contributed by atoms with E-state index in [-0.39, 0.29) is 6.07 Å². The number of halogens is 4. The monoisotopic (exact) mass is 663 g/mol. The summed E-state index contributed by atoms with van der Waals surface area (Å²) in [6, 6.07) is 5.63. The van der Waals surface area contributed by atoms with Crippen molar-refractivity contribution in [3.63, 3.8) is 0 Å². The van der Waals surface area contributed by atoms with Crippen LogP contribution in [0.2, 0.25) is 0 Å². The molecule has 1 aliphatic heterocycles. The van der Waals surface area contributed by atoms with E-state index in [0.717, 1.165) is 36.4 Å². The van der Waals surface area contributed by atoms with Gasteiger partial charge in [-0.05, 0) is 35.9 Å². The molecule has 12 nitrogen and oxygen atoms in total. The van der Waals surface area contributed by atoms with E-state index in [2.05, 4.69) is 0 Å². The molecule has 5 rings (SSSR count). The van der Waals surface area contributed by atoms with E-state index >= 15 is 0 Å². The van der Waals surface area contributed by atoms with Crippen molar-refractivity contribution in [2.75, 3.05) is 5.73 Å². The number of nitrogens with one attached hydrogen (secondary N) is 1. The third kappa shape index (κ3) is 5.08. The fourth-order valence-electron chi connectivity index (χ4n) is 4.77. The van der Waals surface area contributed by atoms with Gasteiger partial charge in [-0.15, -0.1) is 0 Å². The number of hydrogen-bond acceptors (Lipinski definition) is 12. The number of ketones is 1. The van der Waals surface area contributed by atoms with E-state index in [1.807, 2.05) is 0 Å². The molecule has 0 radical (unpaired) electrons. The van der Waals surface area contributed by atoms with Crippen molar-refractivity contribution < 1.29 is 62.6 Å². The Kier molecular flexibility index (Phi) is 7.28. The maximum absolute atomic E-state index is 14.3. The van der Waals surface area contributed by atoms with E-state index in [0.29, 0.717) is 6.07 Å². The van der Waals surface area contributed by atoms with Crippen molar-refractivity contribution in [3.05, 3.63) is 93.8 Å². The molecule has 0 spiro atoms. The quantitative estimate of drug-likeness (QED) is 0.0667. The van der Waals surface area contributed by atoms with Crippen LogP contribution in [-0.2, 0) is 20.2 Å². The first-order valence-electron chi connectivity index (χ1n) is 11.9. The highest BCUT2D eigenvalue weighted by Crippen LogP contribution is 2.45. The van der Waals surface area contributed by atoms with Crippen LogP contribution in [-0.4, -0.2) is 37.7 Å². The predicted octanol–water partition coefficient (Wildman–Crippen LogP) is 2.23. The summed E-state index contributed by atoms with van der Waals surface area (Å²) in [6.45, 7) is 0. The summed E-state index contributed by atoms with van der Waals surface area (Å²) in [5.41, 5.74) is -0.915. The predicted molar refractivity (Wildman–Crippen MR) is 139 cm³/mol. The molecule has 0 fully saturated rings. The highest BCUT2D eigenvalue weighted by atomic mass is 32.2. The van der Waals surface area contributed by atoms with Crippen molar-refractivity contribution in [2.45, 2.75) is 9.79 Å². The second-order valence-corrected chi connectivity index (χ2v) is 11.9. The zero-order valence-electron chi connectivity index (χ0n) is 21.6. The number of benzene rings is 4. The lowest BCUT2D eigenvalue weighted by molar-refractivity contribution is -0.254. The lowest BCUT2D eigenvalue weighted by Gasteiger charge is -2.23. The fourth-order valence-corrected chi connectivity index (χ4v) is 6.22. The van der Waals surface area contributed by atoms with Gasteiger partial charge < -0.3 is 29.2 Å². The summed E-state index contributed by atoms with van der Waals surface area (Å²) in [5, 5.41) is 18.9. The summed E-state index contributed by atoms with van der Waals surface area (Å²) in [4.78, 5) is 22.7. The molecule has 3 N–H and O–H groups in total. The van der Waals surface area contributed by atoms with Crippen molar-refractivity contribution >= 4 is 48.6 Å². The molecule has 45 heavy (non-hydrogen) atoms. The van der Waals surface area contributed by atoms with Gasteiger partial charge in [0, 0.05) is 33.7 Å². The molecule has 0 saturated heterocycles. The molecule has 0 atom stereocenters. The molecular weight excluding hydrogens is 652 g/mol. The van der Waals surface area contributed by atoms with Crippen LogP contribution in [0.25, 0.3) is 33.4 Å². The molecule has 3 aromatic carbocycles. The molecule has 0 bridgehead atoms. The molecule has 0 saturated carbocycles. The van der Waals surface area contributed by atoms with Crippen LogP contribution >= 0.6 is 0 Å². The largest absolute Gasteiger partial charge is 0.744 e. The first-order valence-corrected chi connectivity index (χ1v) is 14.7. The molecule has 0 aromatic heterocycles. The molecular formula is C27H11F4N2O10S2-3. The Hall–Kier alpha value is -5.17. The molecule has 0 amide bonds. The van der Waals surface area contributed by atoms with Gasteiger partial charge in [-0.1, -0.05) is 12.1 Å². The Morgan fingerprint density at radius 3 is 1.93 bits per heavy atom. The Morgan fingerprint density at radius 2 is 1.38 bits per heavy atom. The molecule has 2 aliphatic rings. The van der Waals surface area contributed by atoms with Crippen LogP contribution < -0.4 is 16.2 Å². The van der Waals surface area contributed by atoms with E-state index in [4.69, 9.17) is 15.6 Å². The zero-order valence-corrected chi connectivity index (χ0v) is 23.2. The van der Waals surface area contributed by atoms with Gasteiger partial charge in [0.1, 0.15) is 35.6 Å². The summed E-state index contributed by atoms with van der Waals surface area (Å²) in [6.07, 6.45) is 0. The molecule has 18 heteroatoms. The minimum Gasteiger partial charge on any atom is -0.744 e. The number of carboxylic acid groups (broad SMARTS) is 1. The Morgan fingerprint density at radius 1 is 0.800 bits per heavy atom. The number of carbonyl (C=O) groups is 2. The van der Waals surface area contributed by atoms with E-state index in [1.54, 1.807) is 0 Å². The summed E-state index contributed by atoms with van der Waals surface area (Å²) in [7, 11) is -11.1. The molecule has 1 heterocycles. The number of rotatable bonds is 6. The third-order valence-electron chi connectivity index (χ3n) is 6.61. The highest BCUT2D eigenvalue weighted by Gasteiger charge is 2.30. The van der Waals surface area contributed by atoms with Crippen molar-refractivity contribution in [2.24, 2.45) is 0 Å². The third-order valence-corrected chi connectivity index (χ3v) is 8.43. The van der Waals surface area contributed by atoms with Crippen molar-refractivity contribution in [3.8, 4) is 22.5 Å². The van der Waals surface area contributed by atoms with Gasteiger partial charge in [-0.2, -0.15) is 0 Å². The molecule has 232 valence electrons. The molecule has 1 aliphatic carbocycles. The number of nitrogens with two attached hydrogens (primary N) is 1. The lowest BCUT2D eigenvalue weighted by atomic mass is 9.88. The average molecular weight is 664 g/mol. The van der Waals surface area contributed by atoms with Gasteiger partial charge >= 0.3 is 0 Å². The summed E-state index contributed by atoms with van der Waals surface area (Å²) >= 11 is 0. The molecule has 3 aromatic rings.